The van der Waals surface area contributed by atoms with Crippen LogP contribution in [0.3, 0.4) is 0 Å². The maximum Gasteiger partial charge on any atom is 0.226 e. The Morgan fingerprint density at radius 3 is 2.81 bits per heavy atom. The highest BCUT2D eigenvalue weighted by atomic mass is 16.4. The molecule has 3 N–H and O–H groups in total. The second-order valence-electron chi connectivity index (χ2n) is 6.01. The quantitative estimate of drug-likeness (QED) is 0.385. The van der Waals surface area contributed by atoms with Crippen molar-refractivity contribution >= 4 is 11.7 Å². The average Bonchev–Trinajstić information content (AvgIpc) is 3.35. The summed E-state index contributed by atoms with van der Waals surface area (Å²) in [6.07, 6.45) is 2.73. The van der Waals surface area contributed by atoms with Crippen molar-refractivity contribution < 1.29 is 10.0 Å². The predicted molar refractivity (Wildman–Crippen MR) is 80.0 cm³/mol. The third kappa shape index (κ3) is 2.86. The predicted octanol–water partition coefficient (Wildman–Crippen LogP) is 1.78. The molecule has 3 unspecified atom stereocenters. The summed E-state index contributed by atoms with van der Waals surface area (Å²) in [6, 6.07) is 10.2. The lowest BCUT2D eigenvalue weighted by molar-refractivity contribution is -0.134. The summed E-state index contributed by atoms with van der Waals surface area (Å²) < 4.78 is 0. The fraction of sp³-hybridized carbons (Fsp3) is 0.500. The van der Waals surface area contributed by atoms with Gasteiger partial charge in [0.2, 0.25) is 5.91 Å². The first-order valence-electron chi connectivity index (χ1n) is 7.52. The van der Waals surface area contributed by atoms with Crippen molar-refractivity contribution in [2.45, 2.75) is 25.2 Å². The molecule has 3 rings (SSSR count). The molecule has 5 nitrogen and oxygen atoms in total. The van der Waals surface area contributed by atoms with Gasteiger partial charge in [0.15, 0.2) is 0 Å². The Morgan fingerprint density at radius 1 is 1.33 bits per heavy atom. The Bertz CT molecular complexity index is 544. The van der Waals surface area contributed by atoms with E-state index in [2.05, 4.69) is 17.3 Å². The second kappa shape index (κ2) is 5.76. The standard InChI is InChI=1S/C16H21N3O2/c17-15(18-21)12-7-4-8-19(10-12)16(20)14-9-13(14)11-5-2-1-3-6-11/h1-3,5-6,12-14,21H,4,7-10H2,(H2,17,18). The van der Waals surface area contributed by atoms with Crippen LogP contribution in [-0.4, -0.2) is 34.9 Å². The number of rotatable bonds is 3. The first kappa shape index (κ1) is 13.9. The monoisotopic (exact) mass is 287 g/mol. The Kier molecular flexibility index (Phi) is 3.82. The van der Waals surface area contributed by atoms with E-state index in [0.29, 0.717) is 12.5 Å². The molecule has 1 aromatic rings. The molecule has 5 heteroatoms. The summed E-state index contributed by atoms with van der Waals surface area (Å²) in [5.41, 5.74) is 6.93. The summed E-state index contributed by atoms with van der Waals surface area (Å²) in [5, 5.41) is 11.9. The number of amides is 1. The molecule has 1 amide bonds. The number of nitrogens with zero attached hydrogens (tertiary/aromatic N) is 2. The van der Waals surface area contributed by atoms with Crippen LogP contribution in [0.15, 0.2) is 35.5 Å². The van der Waals surface area contributed by atoms with Crippen molar-refractivity contribution in [2.24, 2.45) is 22.7 Å². The number of amidine groups is 1. The lowest BCUT2D eigenvalue weighted by atomic mass is 9.96. The Morgan fingerprint density at radius 2 is 2.10 bits per heavy atom. The zero-order chi connectivity index (χ0) is 14.8. The van der Waals surface area contributed by atoms with Crippen molar-refractivity contribution in [2.75, 3.05) is 13.1 Å². The maximum absolute atomic E-state index is 12.6. The molecule has 112 valence electrons. The van der Waals surface area contributed by atoms with E-state index < -0.39 is 0 Å². The van der Waals surface area contributed by atoms with Crippen molar-refractivity contribution in [1.82, 2.24) is 4.90 Å². The highest BCUT2D eigenvalue weighted by molar-refractivity contribution is 5.86. The zero-order valence-electron chi connectivity index (χ0n) is 12.0. The fourth-order valence-corrected chi connectivity index (χ4v) is 3.27. The molecule has 1 saturated heterocycles. The van der Waals surface area contributed by atoms with Crippen molar-refractivity contribution in [1.29, 1.82) is 0 Å². The number of piperidine rings is 1. The van der Waals surface area contributed by atoms with Crippen LogP contribution in [0.4, 0.5) is 0 Å². The van der Waals surface area contributed by atoms with E-state index in [0.717, 1.165) is 25.8 Å². The fourth-order valence-electron chi connectivity index (χ4n) is 3.27. The van der Waals surface area contributed by atoms with E-state index in [4.69, 9.17) is 10.9 Å². The Balaban J connectivity index is 1.62. The van der Waals surface area contributed by atoms with Gasteiger partial charge >= 0.3 is 0 Å². The first-order valence-corrected chi connectivity index (χ1v) is 7.52. The van der Waals surface area contributed by atoms with E-state index in [9.17, 15) is 4.79 Å². The van der Waals surface area contributed by atoms with Gasteiger partial charge in [0.25, 0.3) is 0 Å². The summed E-state index contributed by atoms with van der Waals surface area (Å²) in [7, 11) is 0. The van der Waals surface area contributed by atoms with Crippen LogP contribution >= 0.6 is 0 Å². The van der Waals surface area contributed by atoms with Gasteiger partial charge in [0.05, 0.1) is 0 Å². The molecule has 21 heavy (non-hydrogen) atoms. The smallest absolute Gasteiger partial charge is 0.226 e. The number of likely N-dealkylation sites (tertiary alicyclic amines) is 1. The van der Waals surface area contributed by atoms with Crippen LogP contribution in [0.25, 0.3) is 0 Å². The molecule has 0 spiro atoms. The molecular formula is C16H21N3O2. The SMILES string of the molecule is N/C(=N/O)C1CCCN(C(=O)C2CC2c2ccccc2)C1. The molecule has 3 atom stereocenters. The van der Waals surface area contributed by atoms with Gasteiger partial charge in [-0.15, -0.1) is 0 Å². The van der Waals surface area contributed by atoms with Gasteiger partial charge in [-0.05, 0) is 30.7 Å². The molecule has 2 aliphatic rings. The van der Waals surface area contributed by atoms with Gasteiger partial charge in [-0.1, -0.05) is 35.5 Å². The van der Waals surface area contributed by atoms with Crippen molar-refractivity contribution in [3.8, 4) is 0 Å². The Hall–Kier alpha value is -2.04. The first-order chi connectivity index (χ1) is 10.2. The minimum atomic E-state index is -0.0124. The van der Waals surface area contributed by atoms with Crippen LogP contribution < -0.4 is 5.73 Å². The largest absolute Gasteiger partial charge is 0.409 e. The third-order valence-corrected chi connectivity index (χ3v) is 4.60. The number of oxime groups is 1. The van der Waals surface area contributed by atoms with Crippen LogP contribution in [0.1, 0.15) is 30.7 Å². The van der Waals surface area contributed by atoms with Crippen molar-refractivity contribution in [3.63, 3.8) is 0 Å². The highest BCUT2D eigenvalue weighted by Gasteiger charge is 2.46. The van der Waals surface area contributed by atoms with E-state index >= 15 is 0 Å². The summed E-state index contributed by atoms with van der Waals surface area (Å²) >= 11 is 0. The molecule has 1 aliphatic carbocycles. The van der Waals surface area contributed by atoms with E-state index in [1.165, 1.54) is 5.56 Å². The summed E-state index contributed by atoms with van der Waals surface area (Å²) in [4.78, 5) is 14.5. The van der Waals surface area contributed by atoms with E-state index in [1.807, 2.05) is 23.1 Å². The molecule has 0 aromatic heterocycles. The minimum Gasteiger partial charge on any atom is -0.409 e. The average molecular weight is 287 g/mol. The van der Waals surface area contributed by atoms with Gasteiger partial charge in [0, 0.05) is 24.9 Å². The van der Waals surface area contributed by atoms with Crippen LogP contribution in [0.5, 0.6) is 0 Å². The minimum absolute atomic E-state index is 0.0124. The maximum atomic E-state index is 12.6. The van der Waals surface area contributed by atoms with Crippen molar-refractivity contribution in [3.05, 3.63) is 35.9 Å². The van der Waals surface area contributed by atoms with E-state index in [-0.39, 0.29) is 23.6 Å². The molecule has 1 saturated carbocycles. The zero-order valence-corrected chi connectivity index (χ0v) is 12.0. The van der Waals surface area contributed by atoms with Gasteiger partial charge < -0.3 is 15.8 Å². The molecule has 1 aliphatic heterocycles. The van der Waals surface area contributed by atoms with E-state index in [1.54, 1.807) is 0 Å². The summed E-state index contributed by atoms with van der Waals surface area (Å²) in [5.74, 6) is 0.921. The number of hydrogen-bond acceptors (Lipinski definition) is 3. The van der Waals surface area contributed by atoms with Gasteiger partial charge in [-0.3, -0.25) is 4.79 Å². The van der Waals surface area contributed by atoms with Gasteiger partial charge in [0.1, 0.15) is 5.84 Å². The van der Waals surface area contributed by atoms with Gasteiger partial charge in [-0.25, -0.2) is 0 Å². The third-order valence-electron chi connectivity index (χ3n) is 4.60. The molecule has 1 aromatic carbocycles. The molecule has 1 heterocycles. The Labute approximate surface area is 124 Å². The molecule has 0 radical (unpaired) electrons. The van der Waals surface area contributed by atoms with Crippen LogP contribution in [0, 0.1) is 11.8 Å². The lowest BCUT2D eigenvalue weighted by Gasteiger charge is -2.32. The highest BCUT2D eigenvalue weighted by Crippen LogP contribution is 2.48. The van der Waals surface area contributed by atoms with Gasteiger partial charge in [-0.2, -0.15) is 0 Å². The normalized spacial score (nSPS) is 29.2. The molecule has 2 fully saturated rings. The number of carbonyl (C=O) groups is 1. The number of hydrogen-bond donors (Lipinski definition) is 2. The number of carbonyl (C=O) groups excluding carboxylic acids is 1. The lowest BCUT2D eigenvalue weighted by Crippen LogP contribution is -2.44. The topological polar surface area (TPSA) is 78.9 Å². The summed E-state index contributed by atoms with van der Waals surface area (Å²) in [6.45, 7) is 1.36. The second-order valence-corrected chi connectivity index (χ2v) is 6.01. The number of benzene rings is 1. The number of nitrogens with two attached hydrogens (primary N) is 1. The molecule has 0 bridgehead atoms. The molecular weight excluding hydrogens is 266 g/mol. The van der Waals surface area contributed by atoms with Crippen LogP contribution in [0.2, 0.25) is 0 Å². The van der Waals surface area contributed by atoms with Crippen LogP contribution in [-0.2, 0) is 4.79 Å².